The van der Waals surface area contributed by atoms with Crippen LogP contribution in [-0.2, 0) is 0 Å². The van der Waals surface area contributed by atoms with Crippen molar-refractivity contribution < 1.29 is 48.8 Å². The van der Waals surface area contributed by atoms with Crippen LogP contribution in [0.4, 0.5) is 55.3 Å². The van der Waals surface area contributed by atoms with Crippen molar-refractivity contribution in [2.24, 2.45) is 4.99 Å². The number of hydrogen-bond donors (Lipinski definition) is 1. The summed E-state index contributed by atoms with van der Waals surface area (Å²) in [5, 5.41) is 11.0. The zero-order valence-corrected chi connectivity index (χ0v) is 14.0. The summed E-state index contributed by atoms with van der Waals surface area (Å²) in [5.41, 5.74) is -6.30. The average molecular weight is 457 g/mol. The molecular formula is C13H5F10N3O2S. The normalized spacial score (nSPS) is 19.0. The summed E-state index contributed by atoms with van der Waals surface area (Å²) in [7, 11) is 0. The number of nitrogens with zero attached hydrogens (tertiary/aromatic N) is 2. The number of nitrogens with one attached hydrogen (secondary N) is 1. The van der Waals surface area contributed by atoms with Crippen molar-refractivity contribution in [1.82, 2.24) is 0 Å². The van der Waals surface area contributed by atoms with Crippen molar-refractivity contribution in [3.05, 3.63) is 45.1 Å². The Morgan fingerprint density at radius 1 is 1.00 bits per heavy atom. The third-order valence-electron chi connectivity index (χ3n) is 3.39. The Bertz CT molecular complexity index is 857. The zero-order chi connectivity index (χ0) is 22.4. The van der Waals surface area contributed by atoms with E-state index in [1.165, 1.54) is 0 Å². The van der Waals surface area contributed by atoms with Crippen LogP contribution >= 0.6 is 11.8 Å². The molecule has 1 aromatic carbocycles. The minimum atomic E-state index is -6.46. The third-order valence-corrected chi connectivity index (χ3v) is 4.46. The summed E-state index contributed by atoms with van der Waals surface area (Å²) >= 11 is -0.839. The quantitative estimate of drug-likeness (QED) is 0.351. The highest BCUT2D eigenvalue weighted by Gasteiger charge is 2.77. The maximum Gasteiger partial charge on any atom is 0.443 e. The lowest BCUT2D eigenvalue weighted by atomic mass is 9.97. The Labute approximate surface area is 157 Å². The summed E-state index contributed by atoms with van der Waals surface area (Å²) < 4.78 is 131. The van der Waals surface area contributed by atoms with Gasteiger partial charge in [0.1, 0.15) is 0 Å². The van der Waals surface area contributed by atoms with Crippen LogP contribution in [0.1, 0.15) is 0 Å². The van der Waals surface area contributed by atoms with Crippen molar-refractivity contribution in [1.29, 1.82) is 0 Å². The number of nitro groups is 1. The van der Waals surface area contributed by atoms with Gasteiger partial charge in [-0.3, -0.25) is 10.1 Å². The average Bonchev–Trinajstić information content (AvgIpc) is 2.94. The number of hydrogen-bond acceptors (Lipinski definition) is 5. The highest BCUT2D eigenvalue weighted by molar-refractivity contribution is 8.17. The van der Waals surface area contributed by atoms with Crippen LogP contribution in [0.15, 0.2) is 40.0 Å². The molecule has 0 aromatic heterocycles. The lowest BCUT2D eigenvalue weighted by Gasteiger charge is -2.31. The van der Waals surface area contributed by atoms with Gasteiger partial charge in [0.2, 0.25) is 5.83 Å². The Balaban J connectivity index is 2.60. The van der Waals surface area contributed by atoms with Gasteiger partial charge in [0.05, 0.1) is 9.83 Å². The summed E-state index contributed by atoms with van der Waals surface area (Å²) in [5.74, 6) is -3.60. The van der Waals surface area contributed by atoms with Crippen LogP contribution in [0.5, 0.6) is 0 Å². The molecule has 0 fully saturated rings. The largest absolute Gasteiger partial charge is 0.443 e. The monoisotopic (exact) mass is 457 g/mol. The number of benzene rings is 1. The van der Waals surface area contributed by atoms with Gasteiger partial charge in [-0.15, -0.1) is 0 Å². The highest BCUT2D eigenvalue weighted by atomic mass is 32.2. The maximum atomic E-state index is 13.6. The van der Waals surface area contributed by atoms with E-state index >= 15 is 0 Å². The molecule has 0 bridgehead atoms. The fourth-order valence-corrected chi connectivity index (χ4v) is 3.29. The minimum absolute atomic E-state index is 0.339. The van der Waals surface area contributed by atoms with Crippen molar-refractivity contribution in [2.75, 3.05) is 5.32 Å². The molecule has 1 aliphatic heterocycles. The molecule has 29 heavy (non-hydrogen) atoms. The second-order valence-corrected chi connectivity index (χ2v) is 6.29. The number of thioether (sulfide) groups is 1. The van der Waals surface area contributed by atoms with Crippen molar-refractivity contribution in [3.63, 3.8) is 0 Å². The van der Waals surface area contributed by atoms with E-state index in [0.29, 0.717) is 0 Å². The molecule has 160 valence electrons. The van der Waals surface area contributed by atoms with Gasteiger partial charge in [-0.25, -0.2) is 9.38 Å². The van der Waals surface area contributed by atoms with Gasteiger partial charge < -0.3 is 5.32 Å². The number of allylic oxidation sites excluding steroid dienone is 1. The minimum Gasteiger partial charge on any atom is -0.335 e. The molecule has 1 aromatic rings. The van der Waals surface area contributed by atoms with Gasteiger partial charge >= 0.3 is 18.5 Å². The van der Waals surface area contributed by atoms with Crippen LogP contribution in [-0.4, -0.2) is 34.2 Å². The molecule has 5 nitrogen and oxygen atoms in total. The molecule has 0 aliphatic carbocycles. The highest BCUT2D eigenvalue weighted by Crippen LogP contribution is 2.59. The summed E-state index contributed by atoms with van der Waals surface area (Å²) in [6.07, 6.45) is -19.1. The molecule has 0 unspecified atom stereocenters. The molecule has 1 heterocycles. The summed E-state index contributed by atoms with van der Waals surface area (Å²) in [6.45, 7) is 0. The number of anilines is 1. The van der Waals surface area contributed by atoms with Gasteiger partial charge in [-0.05, 0) is 12.1 Å². The number of amidine groups is 1. The number of alkyl halides is 9. The maximum absolute atomic E-state index is 13.6. The molecule has 0 saturated carbocycles. The second kappa shape index (κ2) is 7.07. The van der Waals surface area contributed by atoms with E-state index in [-0.39, 0.29) is 5.69 Å². The van der Waals surface area contributed by atoms with Crippen molar-refractivity contribution in [3.8, 4) is 0 Å². The topological polar surface area (TPSA) is 67.5 Å². The van der Waals surface area contributed by atoms with Gasteiger partial charge in [0.15, 0.2) is 5.17 Å². The van der Waals surface area contributed by atoms with Crippen LogP contribution in [0, 0.1) is 10.1 Å². The summed E-state index contributed by atoms with van der Waals surface area (Å²) in [4.78, 5) is 9.25. The predicted octanol–water partition coefficient (Wildman–Crippen LogP) is 5.72. The van der Waals surface area contributed by atoms with Gasteiger partial charge in [0, 0.05) is 17.8 Å². The Morgan fingerprint density at radius 3 is 1.86 bits per heavy atom. The molecule has 0 saturated heterocycles. The number of rotatable bonds is 2. The van der Waals surface area contributed by atoms with Gasteiger partial charge in [0.25, 0.3) is 11.2 Å². The molecule has 16 heteroatoms. The SMILES string of the molecule is O=[N+]([O-])c1ccc(NC2=NC(C(F)(F)F)(C(F)(F)F)C(=C(F)C(F)(F)F)S2)cc1. The molecule has 0 amide bonds. The first-order chi connectivity index (χ1) is 13.0. The van der Waals surface area contributed by atoms with Gasteiger partial charge in [-0.2, -0.15) is 39.5 Å². The smallest absolute Gasteiger partial charge is 0.335 e. The van der Waals surface area contributed by atoms with Crippen molar-refractivity contribution in [2.45, 2.75) is 24.1 Å². The van der Waals surface area contributed by atoms with E-state index in [1.807, 2.05) is 5.32 Å². The van der Waals surface area contributed by atoms with Crippen LogP contribution in [0.3, 0.4) is 0 Å². The van der Waals surface area contributed by atoms with E-state index in [0.717, 1.165) is 24.3 Å². The second-order valence-electron chi connectivity index (χ2n) is 5.29. The number of non-ortho nitro benzene ring substituents is 1. The lowest BCUT2D eigenvalue weighted by Crippen LogP contribution is -2.55. The lowest BCUT2D eigenvalue weighted by molar-refractivity contribution is -0.384. The molecule has 0 spiro atoms. The first-order valence-corrected chi connectivity index (χ1v) is 7.72. The predicted molar refractivity (Wildman–Crippen MR) is 80.8 cm³/mol. The van der Waals surface area contributed by atoms with Crippen LogP contribution in [0.25, 0.3) is 0 Å². The third kappa shape index (κ3) is 4.11. The first-order valence-electron chi connectivity index (χ1n) is 6.91. The van der Waals surface area contributed by atoms with Crippen molar-refractivity contribution >= 4 is 28.3 Å². The molecule has 1 N–H and O–H groups in total. The molecule has 0 radical (unpaired) electrons. The van der Waals surface area contributed by atoms with Gasteiger partial charge in [-0.1, -0.05) is 11.8 Å². The zero-order valence-electron chi connectivity index (χ0n) is 13.2. The standard InChI is InChI=1S/C13H5F10N3O2S/c14-7(11(15,16)17)8-10(12(18,19)20,13(21,22)23)25-9(29-8)24-5-1-3-6(4-2-5)26(27)28/h1-4H,(H,24,25). The summed E-state index contributed by atoms with van der Waals surface area (Å²) in [6, 6.07) is 3.34. The van der Waals surface area contributed by atoms with E-state index in [9.17, 15) is 54.0 Å². The fourth-order valence-electron chi connectivity index (χ4n) is 2.12. The number of halogens is 10. The van der Waals surface area contributed by atoms with E-state index in [2.05, 4.69) is 4.99 Å². The first kappa shape index (κ1) is 22.8. The molecular weight excluding hydrogens is 452 g/mol. The van der Waals surface area contributed by atoms with E-state index in [1.54, 1.807) is 0 Å². The Kier molecular flexibility index (Phi) is 5.55. The molecule has 0 atom stereocenters. The Hall–Kier alpha value is -2.52. The van der Waals surface area contributed by atoms with E-state index < -0.39 is 62.3 Å². The van der Waals surface area contributed by atoms with Crippen LogP contribution in [0.2, 0.25) is 0 Å². The molecule has 1 aliphatic rings. The fraction of sp³-hybridized carbons (Fsp3) is 0.308. The Morgan fingerprint density at radius 2 is 1.48 bits per heavy atom. The van der Waals surface area contributed by atoms with Crippen LogP contribution < -0.4 is 5.32 Å². The number of nitro benzene ring substituents is 1. The number of aliphatic imine (C=N–C) groups is 1. The van der Waals surface area contributed by atoms with E-state index in [4.69, 9.17) is 0 Å². The molecule has 2 rings (SSSR count).